The summed E-state index contributed by atoms with van der Waals surface area (Å²) in [7, 11) is 0. The van der Waals surface area contributed by atoms with Crippen LogP contribution in [0.4, 0.5) is 35.1 Å². The largest absolute Gasteiger partial charge is 0.452 e. The Morgan fingerprint density at radius 2 is 0.800 bits per heavy atom. The maximum absolute atomic E-state index is 11.8. The highest BCUT2D eigenvalue weighted by molar-refractivity contribution is 4.71. The molecule has 0 radical (unpaired) electrons. The van der Waals surface area contributed by atoms with Crippen LogP contribution in [0.5, 0.6) is 0 Å². The first-order chi connectivity index (χ1) is 6.21. The summed E-state index contributed by atoms with van der Waals surface area (Å²) in [5, 5.41) is 14.6. The molecule has 0 saturated carbocycles. The summed E-state index contributed by atoms with van der Waals surface area (Å²) in [6.45, 7) is 0. The Morgan fingerprint density at radius 1 is 0.600 bits per heavy atom. The van der Waals surface area contributed by atoms with Crippen LogP contribution in [-0.2, 0) is 4.74 Å². The Morgan fingerprint density at radius 3 is 0.933 bits per heavy atom. The van der Waals surface area contributed by atoms with E-state index in [2.05, 4.69) is 0 Å². The van der Waals surface area contributed by atoms with E-state index in [0.29, 0.717) is 0 Å². The molecular formula is C4H2F8O3. The van der Waals surface area contributed by atoms with Gasteiger partial charge < -0.3 is 10.2 Å². The van der Waals surface area contributed by atoms with E-state index in [1.54, 1.807) is 4.74 Å². The zero-order chi connectivity index (χ0) is 12.7. The normalized spacial score (nSPS) is 15.6. The fraction of sp³-hybridized carbons (Fsp3) is 1.00. The van der Waals surface area contributed by atoms with E-state index in [0.717, 1.165) is 0 Å². The first-order valence-electron chi connectivity index (χ1n) is 2.87. The summed E-state index contributed by atoms with van der Waals surface area (Å²) in [4.78, 5) is 0. The van der Waals surface area contributed by atoms with Crippen LogP contribution in [-0.4, -0.2) is 34.6 Å². The number of halogens is 8. The third-order valence-corrected chi connectivity index (χ3v) is 0.957. The molecule has 0 fully saturated rings. The van der Waals surface area contributed by atoms with Crippen molar-refractivity contribution >= 4 is 0 Å². The molecule has 3 nitrogen and oxygen atoms in total. The molecule has 0 heterocycles. The van der Waals surface area contributed by atoms with Crippen molar-refractivity contribution in [3.05, 3.63) is 0 Å². The minimum atomic E-state index is -6.29. The van der Waals surface area contributed by atoms with Crippen molar-refractivity contribution in [2.45, 2.75) is 24.4 Å². The highest BCUT2D eigenvalue weighted by Gasteiger charge is 2.69. The van der Waals surface area contributed by atoms with Gasteiger partial charge in [-0.25, -0.2) is 4.74 Å². The summed E-state index contributed by atoms with van der Waals surface area (Å²) in [5.74, 6) is 0. The van der Waals surface area contributed by atoms with Crippen LogP contribution in [0, 0.1) is 0 Å². The van der Waals surface area contributed by atoms with Crippen molar-refractivity contribution in [3.8, 4) is 0 Å². The molecule has 0 aromatic rings. The second-order valence-corrected chi connectivity index (χ2v) is 2.22. The predicted molar refractivity (Wildman–Crippen MR) is 25.3 cm³/mol. The van der Waals surface area contributed by atoms with Crippen LogP contribution in [0.2, 0.25) is 0 Å². The number of ether oxygens (including phenoxy) is 1. The standard InChI is InChI=1S/C4H2F8O3/c5-1(6,13)3(9,10)15-4(11,12)2(7,8)14/h13-14H. The van der Waals surface area contributed by atoms with E-state index in [1.807, 2.05) is 0 Å². The summed E-state index contributed by atoms with van der Waals surface area (Å²) in [6, 6.07) is 0. The van der Waals surface area contributed by atoms with E-state index in [-0.39, 0.29) is 0 Å². The highest BCUT2D eigenvalue weighted by atomic mass is 19.3. The van der Waals surface area contributed by atoms with Gasteiger partial charge in [0.15, 0.2) is 0 Å². The van der Waals surface area contributed by atoms with Gasteiger partial charge >= 0.3 is 24.4 Å². The molecule has 0 amide bonds. The number of hydrogen-bond acceptors (Lipinski definition) is 3. The van der Waals surface area contributed by atoms with Crippen molar-refractivity contribution in [1.29, 1.82) is 0 Å². The van der Waals surface area contributed by atoms with Gasteiger partial charge in [0.05, 0.1) is 0 Å². The molecule has 0 saturated heterocycles. The number of aliphatic hydroxyl groups is 2. The zero-order valence-corrected chi connectivity index (χ0v) is 6.33. The van der Waals surface area contributed by atoms with Gasteiger partial charge in [0.1, 0.15) is 0 Å². The van der Waals surface area contributed by atoms with Crippen molar-refractivity contribution in [1.82, 2.24) is 0 Å². The maximum atomic E-state index is 11.8. The number of hydrogen-bond donors (Lipinski definition) is 2. The minimum absolute atomic E-state index is 1.69. The minimum Gasteiger partial charge on any atom is -0.329 e. The molecule has 0 spiro atoms. The molecule has 0 bridgehead atoms. The van der Waals surface area contributed by atoms with Gasteiger partial charge in [-0.2, -0.15) is 35.1 Å². The van der Waals surface area contributed by atoms with E-state index < -0.39 is 24.4 Å². The topological polar surface area (TPSA) is 49.7 Å². The second-order valence-electron chi connectivity index (χ2n) is 2.22. The van der Waals surface area contributed by atoms with Crippen LogP contribution in [0.25, 0.3) is 0 Å². The van der Waals surface area contributed by atoms with Gasteiger partial charge in [0, 0.05) is 0 Å². The van der Waals surface area contributed by atoms with Crippen molar-refractivity contribution < 1.29 is 50.1 Å². The molecule has 0 atom stereocenters. The first kappa shape index (κ1) is 14.3. The predicted octanol–water partition coefficient (Wildman–Crippen LogP) is 1.36. The molecule has 11 heteroatoms. The lowest BCUT2D eigenvalue weighted by atomic mass is 10.5. The molecule has 2 N–H and O–H groups in total. The molecule has 0 aromatic carbocycles. The Balaban J connectivity index is 4.89. The first-order valence-corrected chi connectivity index (χ1v) is 2.87. The Bertz CT molecular complexity index is 203. The van der Waals surface area contributed by atoms with Crippen molar-refractivity contribution in [2.75, 3.05) is 0 Å². The lowest BCUT2D eigenvalue weighted by molar-refractivity contribution is -0.520. The van der Waals surface area contributed by atoms with E-state index >= 15 is 0 Å². The lowest BCUT2D eigenvalue weighted by Crippen LogP contribution is -2.53. The second kappa shape index (κ2) is 3.42. The summed E-state index contributed by atoms with van der Waals surface area (Å²) >= 11 is 0. The van der Waals surface area contributed by atoms with Crippen molar-refractivity contribution in [3.63, 3.8) is 0 Å². The van der Waals surface area contributed by atoms with Crippen LogP contribution in [0.3, 0.4) is 0 Å². The lowest BCUT2D eigenvalue weighted by Gasteiger charge is -2.27. The van der Waals surface area contributed by atoms with Crippen molar-refractivity contribution in [2.24, 2.45) is 0 Å². The summed E-state index contributed by atoms with van der Waals surface area (Å²) < 4.78 is 94.7. The molecule has 0 unspecified atom stereocenters. The fourth-order valence-electron chi connectivity index (χ4n) is 0.284. The average molecular weight is 250 g/mol. The summed E-state index contributed by atoms with van der Waals surface area (Å²) in [5.41, 5.74) is 0. The van der Waals surface area contributed by atoms with E-state index in [4.69, 9.17) is 10.2 Å². The Labute approximate surface area is 75.9 Å². The van der Waals surface area contributed by atoms with Crippen LogP contribution < -0.4 is 0 Å². The monoisotopic (exact) mass is 250 g/mol. The molecule has 0 aromatic heterocycles. The van der Waals surface area contributed by atoms with Gasteiger partial charge in [0.2, 0.25) is 0 Å². The van der Waals surface area contributed by atoms with Crippen LogP contribution in [0.1, 0.15) is 0 Å². The molecule has 0 aliphatic heterocycles. The molecule has 0 aliphatic carbocycles. The van der Waals surface area contributed by atoms with Gasteiger partial charge in [-0.1, -0.05) is 0 Å². The van der Waals surface area contributed by atoms with E-state index in [1.165, 1.54) is 0 Å². The van der Waals surface area contributed by atoms with Gasteiger partial charge in [-0.3, -0.25) is 0 Å². The smallest absolute Gasteiger partial charge is 0.329 e. The SMILES string of the molecule is OC(F)(F)C(F)(F)OC(F)(F)C(O)(F)F. The molecule has 92 valence electrons. The molecular weight excluding hydrogens is 248 g/mol. The zero-order valence-electron chi connectivity index (χ0n) is 6.33. The molecule has 0 rings (SSSR count). The average Bonchev–Trinajstić information content (AvgIpc) is 1.77. The molecule has 0 aliphatic rings. The third-order valence-electron chi connectivity index (χ3n) is 0.957. The van der Waals surface area contributed by atoms with Crippen LogP contribution >= 0.6 is 0 Å². The summed E-state index contributed by atoms with van der Waals surface area (Å²) in [6.07, 6.45) is -24.8. The quantitative estimate of drug-likeness (QED) is 0.740. The molecule has 15 heavy (non-hydrogen) atoms. The van der Waals surface area contributed by atoms with Gasteiger partial charge in [-0.15, -0.1) is 0 Å². The van der Waals surface area contributed by atoms with Crippen LogP contribution in [0.15, 0.2) is 0 Å². The fourth-order valence-corrected chi connectivity index (χ4v) is 0.284. The highest BCUT2D eigenvalue weighted by Crippen LogP contribution is 2.42. The Kier molecular flexibility index (Phi) is 3.26. The maximum Gasteiger partial charge on any atom is 0.452 e. The van der Waals surface area contributed by atoms with E-state index in [9.17, 15) is 35.1 Å². The van der Waals surface area contributed by atoms with Gasteiger partial charge in [-0.05, 0) is 0 Å². The van der Waals surface area contributed by atoms with Gasteiger partial charge in [0.25, 0.3) is 0 Å². The third kappa shape index (κ3) is 3.14. The number of alkyl halides is 8. The number of rotatable bonds is 4. The Hall–Kier alpha value is -0.680.